The molecule has 1 aliphatic heterocycles. The predicted molar refractivity (Wildman–Crippen MR) is 125 cm³/mol. The highest BCUT2D eigenvalue weighted by Crippen LogP contribution is 2.30. The van der Waals surface area contributed by atoms with E-state index in [1.54, 1.807) is 36.4 Å². The Balaban J connectivity index is 1.45. The third kappa shape index (κ3) is 4.28. The average molecular weight is 434 g/mol. The van der Waals surface area contributed by atoms with Gasteiger partial charge in [0, 0.05) is 43.0 Å². The molecule has 4 rings (SSSR count). The van der Waals surface area contributed by atoms with Crippen LogP contribution in [0, 0.1) is 19.7 Å². The summed E-state index contributed by atoms with van der Waals surface area (Å²) >= 11 is 0. The van der Waals surface area contributed by atoms with E-state index >= 15 is 0 Å². The number of hydrogen-bond donors (Lipinski definition) is 1. The Morgan fingerprint density at radius 2 is 1.75 bits per heavy atom. The van der Waals surface area contributed by atoms with Gasteiger partial charge in [-0.15, -0.1) is 10.2 Å². The minimum atomic E-state index is -0.269. The SMILES string of the molecule is Cc1c(-c2ccc(F)cc2)nnc(N2CCC(N(C)C(=O)c3cccc(N)c3)CC2)c1C. The minimum Gasteiger partial charge on any atom is -0.399 e. The maximum Gasteiger partial charge on any atom is 0.253 e. The Labute approximate surface area is 187 Å². The van der Waals surface area contributed by atoms with Crippen LogP contribution in [0.25, 0.3) is 11.3 Å². The highest BCUT2D eigenvalue weighted by molar-refractivity contribution is 5.95. The van der Waals surface area contributed by atoms with Crippen molar-refractivity contribution in [2.24, 2.45) is 0 Å². The number of nitrogens with zero attached hydrogens (tertiary/aromatic N) is 4. The standard InChI is InChI=1S/C25H28FN5O/c1-16-17(2)24(29-28-23(16)18-7-9-20(26)10-8-18)31-13-11-22(12-14-31)30(3)25(32)19-5-4-6-21(27)15-19/h4-10,15,22H,11-14,27H2,1-3H3. The van der Waals surface area contributed by atoms with Crippen molar-refractivity contribution in [1.29, 1.82) is 0 Å². The number of carbonyl (C=O) groups is 1. The lowest BCUT2D eigenvalue weighted by Gasteiger charge is -2.37. The van der Waals surface area contributed by atoms with Gasteiger partial charge in [-0.3, -0.25) is 4.79 Å². The maximum absolute atomic E-state index is 13.3. The van der Waals surface area contributed by atoms with Crippen LogP contribution < -0.4 is 10.6 Å². The molecule has 166 valence electrons. The number of benzene rings is 2. The smallest absolute Gasteiger partial charge is 0.253 e. The molecule has 1 amide bonds. The Hall–Kier alpha value is -3.48. The summed E-state index contributed by atoms with van der Waals surface area (Å²) in [5, 5.41) is 8.97. The van der Waals surface area contributed by atoms with Crippen molar-refractivity contribution in [3.05, 3.63) is 71.0 Å². The predicted octanol–water partition coefficient (Wildman–Crippen LogP) is 4.22. The molecule has 0 radical (unpaired) electrons. The van der Waals surface area contributed by atoms with Crippen LogP contribution >= 0.6 is 0 Å². The molecule has 7 heteroatoms. The lowest BCUT2D eigenvalue weighted by molar-refractivity contribution is 0.0709. The third-order valence-corrected chi connectivity index (χ3v) is 6.38. The third-order valence-electron chi connectivity index (χ3n) is 6.38. The first-order valence-corrected chi connectivity index (χ1v) is 10.8. The van der Waals surface area contributed by atoms with Gasteiger partial charge in [-0.25, -0.2) is 4.39 Å². The fourth-order valence-electron chi connectivity index (χ4n) is 4.28. The van der Waals surface area contributed by atoms with Gasteiger partial charge in [0.1, 0.15) is 5.82 Å². The fraction of sp³-hybridized carbons (Fsp3) is 0.320. The van der Waals surface area contributed by atoms with E-state index in [-0.39, 0.29) is 17.8 Å². The second-order valence-corrected chi connectivity index (χ2v) is 8.39. The molecular weight excluding hydrogens is 405 g/mol. The lowest BCUT2D eigenvalue weighted by atomic mass is 10.0. The van der Waals surface area contributed by atoms with Crippen molar-refractivity contribution in [3.63, 3.8) is 0 Å². The Morgan fingerprint density at radius 1 is 1.06 bits per heavy atom. The van der Waals surface area contributed by atoms with E-state index in [4.69, 9.17) is 5.73 Å². The van der Waals surface area contributed by atoms with Crippen LogP contribution in [0.5, 0.6) is 0 Å². The van der Waals surface area contributed by atoms with Crippen LogP contribution in [0.3, 0.4) is 0 Å². The van der Waals surface area contributed by atoms with Crippen LogP contribution in [0.4, 0.5) is 15.9 Å². The van der Waals surface area contributed by atoms with Crippen LogP contribution in [0.2, 0.25) is 0 Å². The van der Waals surface area contributed by atoms with E-state index in [1.807, 2.05) is 25.8 Å². The summed E-state index contributed by atoms with van der Waals surface area (Å²) in [5.74, 6) is 0.595. The van der Waals surface area contributed by atoms with Gasteiger partial charge in [0.2, 0.25) is 0 Å². The van der Waals surface area contributed by atoms with E-state index in [0.717, 1.165) is 54.1 Å². The summed E-state index contributed by atoms with van der Waals surface area (Å²) in [5.41, 5.74) is 10.8. The largest absolute Gasteiger partial charge is 0.399 e. The van der Waals surface area contributed by atoms with E-state index < -0.39 is 0 Å². The molecule has 1 aliphatic rings. The quantitative estimate of drug-likeness (QED) is 0.624. The van der Waals surface area contributed by atoms with E-state index in [0.29, 0.717) is 11.3 Å². The molecule has 32 heavy (non-hydrogen) atoms. The molecule has 2 N–H and O–H groups in total. The van der Waals surface area contributed by atoms with E-state index in [2.05, 4.69) is 15.1 Å². The Bertz CT molecular complexity index is 1120. The highest BCUT2D eigenvalue weighted by atomic mass is 19.1. The molecule has 0 aliphatic carbocycles. The highest BCUT2D eigenvalue weighted by Gasteiger charge is 2.28. The van der Waals surface area contributed by atoms with Gasteiger partial charge >= 0.3 is 0 Å². The van der Waals surface area contributed by atoms with Gasteiger partial charge in [-0.05, 0) is 80.3 Å². The molecule has 2 heterocycles. The number of amides is 1. The molecule has 6 nitrogen and oxygen atoms in total. The first-order valence-electron chi connectivity index (χ1n) is 10.8. The van der Waals surface area contributed by atoms with Crippen molar-refractivity contribution in [2.45, 2.75) is 32.7 Å². The van der Waals surface area contributed by atoms with Gasteiger partial charge in [0.25, 0.3) is 5.91 Å². The molecule has 0 atom stereocenters. The summed E-state index contributed by atoms with van der Waals surface area (Å²) in [4.78, 5) is 16.9. The molecule has 1 aromatic heterocycles. The average Bonchev–Trinajstić information content (AvgIpc) is 2.81. The second kappa shape index (κ2) is 8.94. The van der Waals surface area contributed by atoms with Crippen LogP contribution in [0.15, 0.2) is 48.5 Å². The summed E-state index contributed by atoms with van der Waals surface area (Å²) in [6.07, 6.45) is 1.70. The Morgan fingerprint density at radius 3 is 2.41 bits per heavy atom. The zero-order chi connectivity index (χ0) is 22.8. The number of nitrogen functional groups attached to an aromatic ring is 1. The van der Waals surface area contributed by atoms with Gasteiger partial charge in [-0.2, -0.15) is 0 Å². The maximum atomic E-state index is 13.3. The van der Waals surface area contributed by atoms with Crippen molar-refractivity contribution in [2.75, 3.05) is 30.8 Å². The van der Waals surface area contributed by atoms with Crippen molar-refractivity contribution >= 4 is 17.4 Å². The van der Waals surface area contributed by atoms with Crippen LogP contribution in [-0.4, -0.2) is 47.2 Å². The number of hydrogen-bond acceptors (Lipinski definition) is 5. The summed E-state index contributed by atoms with van der Waals surface area (Å²) in [6.45, 7) is 5.67. The number of piperidine rings is 1. The molecular formula is C25H28FN5O. The molecule has 0 bridgehead atoms. The summed E-state index contributed by atoms with van der Waals surface area (Å²) < 4.78 is 13.3. The number of rotatable bonds is 4. The number of nitrogens with two attached hydrogens (primary N) is 1. The van der Waals surface area contributed by atoms with Gasteiger partial charge in [0.05, 0.1) is 5.69 Å². The lowest BCUT2D eigenvalue weighted by Crippen LogP contribution is -2.46. The van der Waals surface area contributed by atoms with E-state index in [1.165, 1.54) is 12.1 Å². The molecule has 3 aromatic rings. The van der Waals surface area contributed by atoms with Crippen LogP contribution in [-0.2, 0) is 0 Å². The molecule has 0 saturated carbocycles. The first kappa shape index (κ1) is 21.7. The fourth-order valence-corrected chi connectivity index (χ4v) is 4.28. The summed E-state index contributed by atoms with van der Waals surface area (Å²) in [7, 11) is 1.86. The first-order chi connectivity index (χ1) is 15.3. The number of aromatic nitrogens is 2. The van der Waals surface area contributed by atoms with Crippen molar-refractivity contribution in [3.8, 4) is 11.3 Å². The number of halogens is 1. The topological polar surface area (TPSA) is 75.4 Å². The normalized spacial score (nSPS) is 14.4. The van der Waals surface area contributed by atoms with E-state index in [9.17, 15) is 9.18 Å². The van der Waals surface area contributed by atoms with Gasteiger partial charge in [-0.1, -0.05) is 6.07 Å². The van der Waals surface area contributed by atoms with Crippen molar-refractivity contribution < 1.29 is 9.18 Å². The molecule has 0 unspecified atom stereocenters. The minimum absolute atomic E-state index is 0.00813. The molecule has 1 saturated heterocycles. The summed E-state index contributed by atoms with van der Waals surface area (Å²) in [6, 6.07) is 13.6. The second-order valence-electron chi connectivity index (χ2n) is 8.39. The Kier molecular flexibility index (Phi) is 6.08. The number of anilines is 2. The molecule has 1 fully saturated rings. The monoisotopic (exact) mass is 433 g/mol. The number of carbonyl (C=O) groups excluding carboxylic acids is 1. The van der Waals surface area contributed by atoms with Gasteiger partial charge < -0.3 is 15.5 Å². The van der Waals surface area contributed by atoms with Gasteiger partial charge in [0.15, 0.2) is 5.82 Å². The zero-order valence-electron chi connectivity index (χ0n) is 18.7. The molecule has 2 aromatic carbocycles. The van der Waals surface area contributed by atoms with Crippen LogP contribution in [0.1, 0.15) is 34.3 Å². The molecule has 0 spiro atoms. The van der Waals surface area contributed by atoms with Crippen molar-refractivity contribution in [1.82, 2.24) is 15.1 Å². The zero-order valence-corrected chi connectivity index (χ0v) is 18.7.